The minimum absolute atomic E-state index is 0.188. The first-order valence-electron chi connectivity index (χ1n) is 6.14. The molecule has 0 aliphatic carbocycles. The molecular formula is C16H11ClN2O. The number of nitrogens with zero attached hydrogens (tertiary/aromatic N) is 1. The summed E-state index contributed by atoms with van der Waals surface area (Å²) < 4.78 is 0. The molecule has 0 amide bonds. The second kappa shape index (κ2) is 5.31. The lowest BCUT2D eigenvalue weighted by Crippen LogP contribution is -2.06. The molecule has 0 saturated carbocycles. The van der Waals surface area contributed by atoms with E-state index < -0.39 is 0 Å². The first kappa shape index (κ1) is 12.6. The molecule has 3 aromatic rings. The Bertz CT molecular complexity index is 838. The van der Waals surface area contributed by atoms with Gasteiger partial charge in [0, 0.05) is 0 Å². The van der Waals surface area contributed by atoms with Crippen molar-refractivity contribution in [3.8, 4) is 0 Å². The number of fused-ring (bicyclic) bond motifs is 1. The topological polar surface area (TPSA) is 45.8 Å². The van der Waals surface area contributed by atoms with Crippen molar-refractivity contribution in [1.29, 1.82) is 0 Å². The van der Waals surface area contributed by atoms with Crippen LogP contribution < -0.4 is 5.56 Å². The second-order valence-electron chi connectivity index (χ2n) is 4.37. The van der Waals surface area contributed by atoms with Crippen molar-refractivity contribution in [1.82, 2.24) is 9.97 Å². The first-order valence-corrected chi connectivity index (χ1v) is 6.52. The lowest BCUT2D eigenvalue weighted by Gasteiger charge is -2.01. The Morgan fingerprint density at radius 1 is 1.05 bits per heavy atom. The highest BCUT2D eigenvalue weighted by molar-refractivity contribution is 6.35. The molecule has 98 valence electrons. The van der Waals surface area contributed by atoms with Gasteiger partial charge >= 0.3 is 0 Å². The van der Waals surface area contributed by atoms with Crippen LogP contribution in [0.1, 0.15) is 11.1 Å². The quantitative estimate of drug-likeness (QED) is 0.728. The lowest BCUT2D eigenvalue weighted by molar-refractivity contribution is 1.17. The van der Waals surface area contributed by atoms with E-state index in [1.165, 1.54) is 6.33 Å². The number of aromatic nitrogens is 2. The Labute approximate surface area is 120 Å². The molecule has 3 rings (SSSR count). The van der Waals surface area contributed by atoms with Gasteiger partial charge in [0.15, 0.2) is 0 Å². The molecule has 0 unspecified atom stereocenters. The zero-order valence-electron chi connectivity index (χ0n) is 10.5. The molecule has 0 aliphatic rings. The zero-order valence-corrected chi connectivity index (χ0v) is 11.3. The van der Waals surface area contributed by atoms with Gasteiger partial charge in [-0.05, 0) is 23.3 Å². The molecule has 1 aromatic heterocycles. The molecule has 0 atom stereocenters. The minimum Gasteiger partial charge on any atom is -0.313 e. The highest BCUT2D eigenvalue weighted by Gasteiger charge is 2.05. The van der Waals surface area contributed by atoms with Crippen molar-refractivity contribution in [3.05, 3.63) is 75.3 Å². The maximum atomic E-state index is 11.8. The number of halogens is 1. The first-order chi connectivity index (χ1) is 9.74. The summed E-state index contributed by atoms with van der Waals surface area (Å²) in [7, 11) is 0. The van der Waals surface area contributed by atoms with Crippen molar-refractivity contribution in [2.24, 2.45) is 0 Å². The van der Waals surface area contributed by atoms with Crippen LogP contribution in [-0.4, -0.2) is 9.97 Å². The number of rotatable bonds is 2. The highest BCUT2D eigenvalue weighted by Crippen LogP contribution is 2.22. The summed E-state index contributed by atoms with van der Waals surface area (Å²) in [6.45, 7) is 0. The lowest BCUT2D eigenvalue weighted by atomic mass is 10.1. The Hall–Kier alpha value is -2.39. The summed E-state index contributed by atoms with van der Waals surface area (Å²) in [6.07, 6.45) is 5.26. The molecule has 20 heavy (non-hydrogen) atoms. The minimum atomic E-state index is -0.188. The Morgan fingerprint density at radius 2 is 1.80 bits per heavy atom. The third-order valence-electron chi connectivity index (χ3n) is 2.99. The zero-order chi connectivity index (χ0) is 13.9. The molecule has 0 fully saturated rings. The summed E-state index contributed by atoms with van der Waals surface area (Å²) in [4.78, 5) is 18.4. The standard InChI is InChI=1S/C16H11ClN2O/c17-14-9-12(7-6-11-4-2-1-3-5-11)8-13-15(14)18-10-19-16(13)20/h1-10H,(H,18,19,20)/b7-6+. The SMILES string of the molecule is O=c1[nH]cnc2c(Cl)cc(/C=C/c3ccccc3)cc12. The number of aromatic amines is 1. The van der Waals surface area contributed by atoms with E-state index in [2.05, 4.69) is 9.97 Å². The van der Waals surface area contributed by atoms with Crippen molar-refractivity contribution >= 4 is 34.7 Å². The van der Waals surface area contributed by atoms with Gasteiger partial charge < -0.3 is 4.98 Å². The molecule has 2 aromatic carbocycles. The smallest absolute Gasteiger partial charge is 0.258 e. The predicted octanol–water partition coefficient (Wildman–Crippen LogP) is 3.75. The van der Waals surface area contributed by atoms with Crippen molar-refractivity contribution in [3.63, 3.8) is 0 Å². The van der Waals surface area contributed by atoms with Crippen LogP contribution in [0, 0.1) is 0 Å². The van der Waals surface area contributed by atoms with E-state index in [4.69, 9.17) is 11.6 Å². The molecule has 0 saturated heterocycles. The van der Waals surface area contributed by atoms with E-state index in [0.29, 0.717) is 15.9 Å². The molecule has 0 bridgehead atoms. The average Bonchev–Trinajstić information content (AvgIpc) is 2.47. The fourth-order valence-electron chi connectivity index (χ4n) is 2.01. The van der Waals surface area contributed by atoms with Gasteiger partial charge in [0.2, 0.25) is 0 Å². The maximum Gasteiger partial charge on any atom is 0.258 e. The highest BCUT2D eigenvalue weighted by atomic mass is 35.5. The molecule has 0 radical (unpaired) electrons. The van der Waals surface area contributed by atoms with E-state index >= 15 is 0 Å². The third-order valence-corrected chi connectivity index (χ3v) is 3.28. The van der Waals surface area contributed by atoms with Gasteiger partial charge in [0.05, 0.1) is 22.3 Å². The Balaban J connectivity index is 2.07. The van der Waals surface area contributed by atoms with Gasteiger partial charge in [-0.25, -0.2) is 4.98 Å². The average molecular weight is 283 g/mol. The molecule has 3 nitrogen and oxygen atoms in total. The summed E-state index contributed by atoms with van der Waals surface area (Å²) in [5.41, 5.74) is 2.29. The number of hydrogen-bond acceptors (Lipinski definition) is 2. The fraction of sp³-hybridized carbons (Fsp3) is 0. The van der Waals surface area contributed by atoms with Crippen LogP contribution in [0.2, 0.25) is 5.02 Å². The van der Waals surface area contributed by atoms with E-state index in [9.17, 15) is 4.79 Å². The van der Waals surface area contributed by atoms with Crippen LogP contribution in [0.4, 0.5) is 0 Å². The molecule has 1 heterocycles. The maximum absolute atomic E-state index is 11.8. The van der Waals surface area contributed by atoms with Crippen molar-refractivity contribution in [2.75, 3.05) is 0 Å². The van der Waals surface area contributed by atoms with E-state index in [-0.39, 0.29) is 5.56 Å². The van der Waals surface area contributed by atoms with Crippen LogP contribution in [0.5, 0.6) is 0 Å². The molecule has 4 heteroatoms. The number of benzene rings is 2. The summed E-state index contributed by atoms with van der Waals surface area (Å²) >= 11 is 6.17. The van der Waals surface area contributed by atoms with E-state index in [1.54, 1.807) is 12.1 Å². The van der Waals surface area contributed by atoms with Crippen molar-refractivity contribution in [2.45, 2.75) is 0 Å². The summed E-state index contributed by atoms with van der Waals surface area (Å²) in [5, 5.41) is 0.967. The van der Waals surface area contributed by atoms with Gasteiger partial charge in [0.25, 0.3) is 5.56 Å². The number of hydrogen-bond donors (Lipinski definition) is 1. The van der Waals surface area contributed by atoms with E-state index in [1.807, 2.05) is 42.5 Å². The second-order valence-corrected chi connectivity index (χ2v) is 4.78. The van der Waals surface area contributed by atoms with E-state index in [0.717, 1.165) is 11.1 Å². The molecule has 1 N–H and O–H groups in total. The van der Waals surface area contributed by atoms with Crippen molar-refractivity contribution < 1.29 is 0 Å². The summed E-state index contributed by atoms with van der Waals surface area (Å²) in [6, 6.07) is 13.5. The van der Waals surface area contributed by atoms with Crippen LogP contribution in [0.3, 0.4) is 0 Å². The van der Waals surface area contributed by atoms with Gasteiger partial charge in [-0.1, -0.05) is 54.1 Å². The van der Waals surface area contributed by atoms with Gasteiger partial charge in [0.1, 0.15) is 0 Å². The monoisotopic (exact) mass is 282 g/mol. The number of nitrogens with one attached hydrogen (secondary N) is 1. The van der Waals surface area contributed by atoms with Gasteiger partial charge in [-0.15, -0.1) is 0 Å². The van der Waals surface area contributed by atoms with Crippen LogP contribution in [0.15, 0.2) is 53.6 Å². The molecule has 0 spiro atoms. The van der Waals surface area contributed by atoms with Crippen LogP contribution in [0.25, 0.3) is 23.1 Å². The largest absolute Gasteiger partial charge is 0.313 e. The normalized spacial score (nSPS) is 11.2. The van der Waals surface area contributed by atoms with Crippen LogP contribution in [-0.2, 0) is 0 Å². The van der Waals surface area contributed by atoms with Gasteiger partial charge in [-0.3, -0.25) is 4.79 Å². The molecule has 0 aliphatic heterocycles. The number of H-pyrrole nitrogens is 1. The fourth-order valence-corrected chi connectivity index (χ4v) is 2.29. The van der Waals surface area contributed by atoms with Crippen LogP contribution >= 0.6 is 11.6 Å². The Kier molecular flexibility index (Phi) is 3.35. The van der Waals surface area contributed by atoms with Gasteiger partial charge in [-0.2, -0.15) is 0 Å². The predicted molar refractivity (Wildman–Crippen MR) is 82.7 cm³/mol. The Morgan fingerprint density at radius 3 is 2.60 bits per heavy atom. The molecular weight excluding hydrogens is 272 g/mol. The summed E-state index contributed by atoms with van der Waals surface area (Å²) in [5.74, 6) is 0. The third kappa shape index (κ3) is 2.49.